The first kappa shape index (κ1) is 9.78. The molecule has 1 saturated carbocycles. The van der Waals surface area contributed by atoms with Crippen LogP contribution in [0.3, 0.4) is 0 Å². The highest BCUT2D eigenvalue weighted by atomic mass is 35.5. The molecule has 1 aromatic rings. The van der Waals surface area contributed by atoms with Crippen molar-refractivity contribution in [2.45, 2.75) is 38.6 Å². The maximum atomic E-state index is 5.85. The average Bonchev–Trinajstić information content (AvgIpc) is 2.64. The molecule has 3 heteroatoms. The molecular formula is C11H15ClN2. The highest BCUT2D eigenvalue weighted by Gasteiger charge is 2.15. The van der Waals surface area contributed by atoms with Gasteiger partial charge in [-0.25, -0.2) is 4.98 Å². The minimum absolute atomic E-state index is 0.566. The van der Waals surface area contributed by atoms with E-state index in [1.54, 1.807) is 0 Å². The zero-order valence-electron chi connectivity index (χ0n) is 8.39. The summed E-state index contributed by atoms with van der Waals surface area (Å²) in [4.78, 5) is 4.04. The summed E-state index contributed by atoms with van der Waals surface area (Å²) in [6.07, 6.45) is 7.06. The number of nitrogens with zero attached hydrogens (tertiary/aromatic N) is 1. The lowest BCUT2D eigenvalue weighted by molar-refractivity contribution is 0.754. The molecule has 0 atom stereocenters. The lowest BCUT2D eigenvalue weighted by atomic mass is 10.2. The molecule has 0 unspecified atom stereocenters. The molecular weight excluding hydrogens is 196 g/mol. The number of rotatable bonds is 2. The normalized spacial score (nSPS) is 17.3. The number of aryl methyl sites for hydroxylation is 1. The Balaban J connectivity index is 2.10. The predicted octanol–water partition coefficient (Wildman–Crippen LogP) is 3.40. The number of aromatic nitrogens is 1. The van der Waals surface area contributed by atoms with Crippen molar-refractivity contribution in [2.24, 2.45) is 0 Å². The molecule has 2 rings (SSSR count). The van der Waals surface area contributed by atoms with Gasteiger partial charge in [-0.2, -0.15) is 0 Å². The van der Waals surface area contributed by atoms with Gasteiger partial charge in [0.2, 0.25) is 0 Å². The SMILES string of the molecule is Cc1cnc(Cl)cc1NC1CCCC1. The topological polar surface area (TPSA) is 24.9 Å². The molecule has 0 radical (unpaired) electrons. The van der Waals surface area contributed by atoms with Crippen molar-refractivity contribution in [1.29, 1.82) is 0 Å². The Labute approximate surface area is 89.7 Å². The summed E-state index contributed by atoms with van der Waals surface area (Å²) in [6.45, 7) is 2.06. The smallest absolute Gasteiger partial charge is 0.131 e. The van der Waals surface area contributed by atoms with E-state index in [4.69, 9.17) is 11.6 Å². The fraction of sp³-hybridized carbons (Fsp3) is 0.545. The Morgan fingerprint density at radius 3 is 2.86 bits per heavy atom. The van der Waals surface area contributed by atoms with E-state index in [0.717, 1.165) is 5.69 Å². The summed E-state index contributed by atoms with van der Waals surface area (Å²) in [7, 11) is 0. The fourth-order valence-corrected chi connectivity index (χ4v) is 2.10. The van der Waals surface area contributed by atoms with Crippen LogP contribution in [0.25, 0.3) is 0 Å². The van der Waals surface area contributed by atoms with Crippen molar-refractivity contribution in [3.8, 4) is 0 Å². The monoisotopic (exact) mass is 210 g/mol. The summed E-state index contributed by atoms with van der Waals surface area (Å²) >= 11 is 5.85. The third-order valence-electron chi connectivity index (χ3n) is 2.78. The number of pyridine rings is 1. The van der Waals surface area contributed by atoms with Crippen LogP contribution in [0, 0.1) is 6.92 Å². The van der Waals surface area contributed by atoms with Gasteiger partial charge in [-0.1, -0.05) is 24.4 Å². The molecule has 1 fully saturated rings. The molecule has 1 N–H and O–H groups in total. The minimum atomic E-state index is 0.566. The first-order chi connectivity index (χ1) is 6.75. The van der Waals surface area contributed by atoms with Gasteiger partial charge in [-0.3, -0.25) is 0 Å². The summed E-state index contributed by atoms with van der Waals surface area (Å²) in [5.41, 5.74) is 2.30. The van der Waals surface area contributed by atoms with Gasteiger partial charge in [-0.05, 0) is 31.4 Å². The van der Waals surface area contributed by atoms with Gasteiger partial charge in [-0.15, -0.1) is 0 Å². The van der Waals surface area contributed by atoms with Crippen molar-refractivity contribution in [3.05, 3.63) is 23.0 Å². The van der Waals surface area contributed by atoms with Crippen molar-refractivity contribution in [3.63, 3.8) is 0 Å². The van der Waals surface area contributed by atoms with Gasteiger partial charge < -0.3 is 5.32 Å². The molecule has 0 spiro atoms. The van der Waals surface area contributed by atoms with Crippen molar-refractivity contribution >= 4 is 17.3 Å². The average molecular weight is 211 g/mol. The van der Waals surface area contributed by atoms with E-state index in [-0.39, 0.29) is 0 Å². The van der Waals surface area contributed by atoms with Crippen molar-refractivity contribution < 1.29 is 0 Å². The number of nitrogens with one attached hydrogen (secondary N) is 1. The van der Waals surface area contributed by atoms with Gasteiger partial charge in [0.15, 0.2) is 0 Å². The van der Waals surface area contributed by atoms with Crippen LogP contribution in [-0.2, 0) is 0 Å². The number of anilines is 1. The minimum Gasteiger partial charge on any atom is -0.382 e. The van der Waals surface area contributed by atoms with Crippen LogP contribution in [-0.4, -0.2) is 11.0 Å². The largest absolute Gasteiger partial charge is 0.382 e. The molecule has 1 aliphatic carbocycles. The molecule has 76 valence electrons. The Hall–Kier alpha value is -0.760. The molecule has 0 saturated heterocycles. The van der Waals surface area contributed by atoms with Gasteiger partial charge in [0.1, 0.15) is 5.15 Å². The van der Waals surface area contributed by atoms with E-state index in [0.29, 0.717) is 11.2 Å². The summed E-state index contributed by atoms with van der Waals surface area (Å²) < 4.78 is 0. The Kier molecular flexibility index (Phi) is 2.92. The molecule has 1 aromatic heterocycles. The standard InChI is InChI=1S/C11H15ClN2/c1-8-7-13-11(12)6-10(8)14-9-4-2-3-5-9/h6-7,9H,2-5H2,1H3,(H,13,14). The summed E-state index contributed by atoms with van der Waals surface area (Å²) in [5, 5.41) is 4.09. The maximum absolute atomic E-state index is 5.85. The van der Waals surface area contributed by atoms with Gasteiger partial charge in [0.25, 0.3) is 0 Å². The Bertz CT molecular complexity index is 319. The molecule has 1 heterocycles. The molecule has 0 bridgehead atoms. The van der Waals surface area contributed by atoms with E-state index in [1.807, 2.05) is 12.3 Å². The number of hydrogen-bond acceptors (Lipinski definition) is 2. The highest BCUT2D eigenvalue weighted by molar-refractivity contribution is 6.29. The third kappa shape index (κ3) is 2.18. The lowest BCUT2D eigenvalue weighted by Crippen LogP contribution is -2.15. The molecule has 0 aliphatic heterocycles. The van der Waals surface area contributed by atoms with Gasteiger partial charge in [0, 0.05) is 17.9 Å². The molecule has 14 heavy (non-hydrogen) atoms. The number of halogens is 1. The second-order valence-electron chi connectivity index (χ2n) is 3.95. The Morgan fingerprint density at radius 2 is 2.14 bits per heavy atom. The molecule has 0 amide bonds. The molecule has 2 nitrogen and oxygen atoms in total. The van der Waals surface area contributed by atoms with Gasteiger partial charge in [0.05, 0.1) is 0 Å². The third-order valence-corrected chi connectivity index (χ3v) is 2.99. The van der Waals surface area contributed by atoms with Crippen LogP contribution in [0.1, 0.15) is 31.2 Å². The molecule has 0 aromatic carbocycles. The zero-order chi connectivity index (χ0) is 9.97. The Morgan fingerprint density at radius 1 is 1.43 bits per heavy atom. The number of hydrogen-bond donors (Lipinski definition) is 1. The predicted molar refractivity (Wildman–Crippen MR) is 59.9 cm³/mol. The highest BCUT2D eigenvalue weighted by Crippen LogP contribution is 2.25. The van der Waals surface area contributed by atoms with Crippen LogP contribution in [0.4, 0.5) is 5.69 Å². The second-order valence-corrected chi connectivity index (χ2v) is 4.33. The lowest BCUT2D eigenvalue weighted by Gasteiger charge is -2.15. The van der Waals surface area contributed by atoms with E-state index >= 15 is 0 Å². The first-order valence-corrected chi connectivity index (χ1v) is 5.52. The quantitative estimate of drug-likeness (QED) is 0.757. The van der Waals surface area contributed by atoms with E-state index in [1.165, 1.54) is 31.2 Å². The van der Waals surface area contributed by atoms with Crippen LogP contribution < -0.4 is 5.32 Å². The van der Waals surface area contributed by atoms with Crippen LogP contribution in [0.5, 0.6) is 0 Å². The van der Waals surface area contributed by atoms with Crippen LogP contribution in [0.15, 0.2) is 12.3 Å². The summed E-state index contributed by atoms with van der Waals surface area (Å²) in [5.74, 6) is 0. The summed E-state index contributed by atoms with van der Waals surface area (Å²) in [6, 6.07) is 2.54. The van der Waals surface area contributed by atoms with E-state index in [9.17, 15) is 0 Å². The van der Waals surface area contributed by atoms with Crippen molar-refractivity contribution in [1.82, 2.24) is 4.98 Å². The van der Waals surface area contributed by atoms with Crippen molar-refractivity contribution in [2.75, 3.05) is 5.32 Å². The first-order valence-electron chi connectivity index (χ1n) is 5.14. The zero-order valence-corrected chi connectivity index (χ0v) is 9.14. The van der Waals surface area contributed by atoms with Crippen LogP contribution >= 0.6 is 11.6 Å². The second kappa shape index (κ2) is 4.18. The maximum Gasteiger partial charge on any atom is 0.131 e. The fourth-order valence-electron chi connectivity index (χ4n) is 1.94. The van der Waals surface area contributed by atoms with E-state index in [2.05, 4.69) is 17.2 Å². The van der Waals surface area contributed by atoms with Gasteiger partial charge >= 0.3 is 0 Å². The molecule has 1 aliphatic rings. The van der Waals surface area contributed by atoms with E-state index < -0.39 is 0 Å². The van der Waals surface area contributed by atoms with Crippen LogP contribution in [0.2, 0.25) is 5.15 Å².